The average Bonchev–Trinajstić information content (AvgIpc) is 2.81. The summed E-state index contributed by atoms with van der Waals surface area (Å²) in [5.74, 6) is -1.28. The van der Waals surface area contributed by atoms with Gasteiger partial charge in [-0.05, 0) is 103 Å². The molecule has 2 N–H and O–H groups in total. The number of thioether (sulfide) groups is 1. The Kier molecular flexibility index (Phi) is 12.4. The lowest BCUT2D eigenvalue weighted by molar-refractivity contribution is -0.148. The molecule has 2 aliphatic rings. The van der Waals surface area contributed by atoms with Gasteiger partial charge in [0.2, 0.25) is 0 Å². The van der Waals surface area contributed by atoms with Gasteiger partial charge in [-0.15, -0.1) is 11.8 Å². The molecular weight excluding hydrogens is 496 g/mol. The summed E-state index contributed by atoms with van der Waals surface area (Å²) in [6, 6.07) is 0. The molecule has 206 valence electrons. The first-order valence-electron chi connectivity index (χ1n) is 13.6. The fourth-order valence-corrected chi connectivity index (χ4v) is 8.30. The van der Waals surface area contributed by atoms with Gasteiger partial charge in [0, 0.05) is 11.7 Å². The highest BCUT2D eigenvalue weighted by Gasteiger charge is 2.35. The Morgan fingerprint density at radius 2 is 1.53 bits per heavy atom. The lowest BCUT2D eigenvalue weighted by Crippen LogP contribution is -2.36. The van der Waals surface area contributed by atoms with E-state index in [-0.39, 0.29) is 21.5 Å². The molecule has 5 atom stereocenters. The van der Waals surface area contributed by atoms with Crippen molar-refractivity contribution in [3.8, 4) is 0 Å². The van der Waals surface area contributed by atoms with Crippen LogP contribution in [-0.2, 0) is 25.6 Å². The topological polar surface area (TPSA) is 115 Å². The van der Waals surface area contributed by atoms with E-state index in [0.29, 0.717) is 24.5 Å². The highest BCUT2D eigenvalue weighted by Crippen LogP contribution is 2.36. The first kappa shape index (κ1) is 31.2. The summed E-state index contributed by atoms with van der Waals surface area (Å²) in [6.45, 7) is 7.04. The number of hydrogen-bond acceptors (Lipinski definition) is 5. The van der Waals surface area contributed by atoms with Crippen LogP contribution in [-0.4, -0.2) is 53.5 Å². The Balaban J connectivity index is 1.79. The van der Waals surface area contributed by atoms with E-state index in [9.17, 15) is 29.1 Å². The molecule has 2 saturated heterocycles. The second-order valence-electron chi connectivity index (χ2n) is 11.9. The van der Waals surface area contributed by atoms with E-state index in [4.69, 9.17) is 0 Å². The van der Waals surface area contributed by atoms with Crippen LogP contribution in [0.3, 0.4) is 0 Å². The quantitative estimate of drug-likeness (QED) is 0.148. The van der Waals surface area contributed by atoms with Crippen LogP contribution in [0.4, 0.5) is 0 Å². The van der Waals surface area contributed by atoms with Crippen LogP contribution in [0.25, 0.3) is 0 Å². The van der Waals surface area contributed by atoms with Gasteiger partial charge in [0.1, 0.15) is 16.3 Å². The van der Waals surface area contributed by atoms with Crippen LogP contribution in [0.1, 0.15) is 111 Å². The molecule has 8 heteroatoms. The Bertz CT molecular complexity index is 778. The highest BCUT2D eigenvalue weighted by molar-refractivity contribution is 8.01. The van der Waals surface area contributed by atoms with Crippen LogP contribution in [0.5, 0.6) is 0 Å². The third kappa shape index (κ3) is 9.71. The van der Waals surface area contributed by atoms with Crippen LogP contribution >= 0.6 is 11.8 Å². The molecule has 2 rings (SSSR count). The van der Waals surface area contributed by atoms with Gasteiger partial charge in [-0.2, -0.15) is 0 Å². The van der Waals surface area contributed by atoms with E-state index >= 15 is 0 Å². The highest BCUT2D eigenvalue weighted by atomic mass is 32.2. The van der Waals surface area contributed by atoms with Crippen LogP contribution in [0.2, 0.25) is 0 Å². The molecule has 0 aromatic heterocycles. The van der Waals surface area contributed by atoms with Gasteiger partial charge in [0.25, 0.3) is 0 Å². The van der Waals surface area contributed by atoms with Crippen molar-refractivity contribution in [2.45, 2.75) is 132 Å². The summed E-state index contributed by atoms with van der Waals surface area (Å²) in [5, 5.41) is 18.9. The minimum Gasteiger partial charge on any atom is -0.616 e. The normalized spacial score (nSPS) is 27.9. The van der Waals surface area contributed by atoms with Crippen molar-refractivity contribution < 1.29 is 29.1 Å². The van der Waals surface area contributed by atoms with Crippen molar-refractivity contribution >= 4 is 40.7 Å². The third-order valence-corrected chi connectivity index (χ3v) is 11.5. The number of aliphatic carboxylic acids is 2. The first-order chi connectivity index (χ1) is 16.8. The monoisotopic (exact) mass is 542 g/mol. The minimum absolute atomic E-state index is 0.00811. The fourth-order valence-electron chi connectivity index (χ4n) is 4.94. The predicted octanol–water partition coefficient (Wildman–Crippen LogP) is 6.39. The molecule has 36 heavy (non-hydrogen) atoms. The van der Waals surface area contributed by atoms with E-state index in [0.717, 1.165) is 64.2 Å². The molecule has 6 nitrogen and oxygen atoms in total. The molecule has 2 heterocycles. The Labute approximate surface area is 224 Å². The molecule has 0 aliphatic carbocycles. The summed E-state index contributed by atoms with van der Waals surface area (Å²) < 4.78 is 13.2. The van der Waals surface area contributed by atoms with Crippen LogP contribution in [0.15, 0.2) is 12.2 Å². The summed E-state index contributed by atoms with van der Waals surface area (Å²) in [4.78, 5) is 35.1. The zero-order valence-electron chi connectivity index (χ0n) is 22.5. The maximum atomic E-state index is 13.2. The van der Waals surface area contributed by atoms with Crippen molar-refractivity contribution in [3.05, 3.63) is 12.2 Å². The number of carbonyl (C=O) groups is 3. The number of ketones is 1. The average molecular weight is 543 g/mol. The lowest BCUT2D eigenvalue weighted by Gasteiger charge is -2.32. The molecule has 0 bridgehead atoms. The molecule has 0 spiro atoms. The van der Waals surface area contributed by atoms with Gasteiger partial charge in [-0.1, -0.05) is 25.3 Å². The molecule has 0 amide bonds. The summed E-state index contributed by atoms with van der Waals surface area (Å²) in [6.07, 6.45) is 15.1. The van der Waals surface area contributed by atoms with E-state index in [1.165, 1.54) is 0 Å². The second-order valence-corrected chi connectivity index (χ2v) is 15.2. The molecule has 0 aromatic carbocycles. The maximum absolute atomic E-state index is 13.2. The molecule has 5 unspecified atom stereocenters. The SMILES string of the molecule is CC(C)(CCCCC1CCC(=O)C(C=CC2CCCC(CCCCC(C)(C)C(=O)O)[S+]2[O-])S1)C(=O)O. The maximum Gasteiger partial charge on any atom is 0.309 e. The zero-order valence-corrected chi connectivity index (χ0v) is 24.1. The number of Topliss-reactive ketones (excluding diaryl/α,β-unsaturated/α-hetero) is 1. The number of hydrogen-bond donors (Lipinski definition) is 2. The van der Waals surface area contributed by atoms with E-state index < -0.39 is 33.9 Å². The first-order valence-corrected chi connectivity index (χ1v) is 15.8. The second kappa shape index (κ2) is 14.2. The Morgan fingerprint density at radius 1 is 0.944 bits per heavy atom. The molecule has 0 saturated carbocycles. The molecule has 0 aromatic rings. The summed E-state index contributed by atoms with van der Waals surface area (Å²) in [7, 11) is 0. The number of rotatable bonds is 14. The van der Waals surface area contributed by atoms with E-state index in [1.54, 1.807) is 39.5 Å². The van der Waals surface area contributed by atoms with Crippen molar-refractivity contribution in [3.63, 3.8) is 0 Å². The molecule has 0 radical (unpaired) electrons. The van der Waals surface area contributed by atoms with Crippen molar-refractivity contribution in [1.82, 2.24) is 0 Å². The van der Waals surface area contributed by atoms with Gasteiger partial charge in [-0.25, -0.2) is 0 Å². The third-order valence-electron chi connectivity index (χ3n) is 7.82. The largest absolute Gasteiger partial charge is 0.616 e. The lowest BCUT2D eigenvalue weighted by atomic mass is 9.87. The number of carboxylic acid groups (broad SMARTS) is 2. The Morgan fingerprint density at radius 3 is 2.11 bits per heavy atom. The number of carbonyl (C=O) groups excluding carboxylic acids is 1. The summed E-state index contributed by atoms with van der Waals surface area (Å²) >= 11 is 0.753. The van der Waals surface area contributed by atoms with E-state index in [1.807, 2.05) is 12.2 Å². The number of unbranched alkanes of at least 4 members (excludes halogenated alkanes) is 2. The van der Waals surface area contributed by atoms with Crippen LogP contribution in [0, 0.1) is 10.8 Å². The van der Waals surface area contributed by atoms with Gasteiger partial charge in [0.15, 0.2) is 0 Å². The van der Waals surface area contributed by atoms with Crippen molar-refractivity contribution in [2.75, 3.05) is 0 Å². The Hall–Kier alpha value is -0.990. The fraction of sp³-hybridized carbons (Fsp3) is 0.821. The molecular formula is C28H46O6S2. The van der Waals surface area contributed by atoms with Crippen molar-refractivity contribution in [1.29, 1.82) is 0 Å². The summed E-state index contributed by atoms with van der Waals surface area (Å²) in [5.41, 5.74) is -1.41. The van der Waals surface area contributed by atoms with Crippen molar-refractivity contribution in [2.24, 2.45) is 10.8 Å². The van der Waals surface area contributed by atoms with Gasteiger partial charge < -0.3 is 14.8 Å². The predicted molar refractivity (Wildman–Crippen MR) is 148 cm³/mol. The standard InChI is InChI=1S/C28H46O6S2/c1-27(2,25(30)31)18-7-5-10-20-14-16-23(29)24(35-20)17-15-22-13-9-12-21(36(22)34)11-6-8-19-28(3,4)26(32)33/h15,17,20-22,24H,5-14,16,18-19H2,1-4H3,(H,30,31)(H,32,33). The molecule has 2 aliphatic heterocycles. The van der Waals surface area contributed by atoms with Gasteiger partial charge in [0.05, 0.1) is 16.1 Å². The van der Waals surface area contributed by atoms with Gasteiger partial charge >= 0.3 is 11.9 Å². The zero-order chi connectivity index (χ0) is 26.9. The smallest absolute Gasteiger partial charge is 0.309 e. The number of carboxylic acids is 2. The van der Waals surface area contributed by atoms with Gasteiger partial charge in [-0.3, -0.25) is 14.4 Å². The molecule has 2 fully saturated rings. The minimum atomic E-state index is -0.964. The van der Waals surface area contributed by atoms with E-state index in [2.05, 4.69) is 0 Å². The van der Waals surface area contributed by atoms with Crippen LogP contribution < -0.4 is 0 Å².